The van der Waals surface area contributed by atoms with Crippen LogP contribution in [0.5, 0.6) is 0 Å². The van der Waals surface area contributed by atoms with Crippen molar-refractivity contribution >= 4 is 0 Å². The minimum atomic E-state index is 0.953. The first kappa shape index (κ1) is 7.07. The van der Waals surface area contributed by atoms with E-state index in [2.05, 4.69) is 6.92 Å². The summed E-state index contributed by atoms with van der Waals surface area (Å²) in [5.74, 6) is 1.95. The van der Waals surface area contributed by atoms with Gasteiger partial charge in [-0.05, 0) is 24.7 Å². The van der Waals surface area contributed by atoms with Gasteiger partial charge in [0, 0.05) is 13.7 Å². The van der Waals surface area contributed by atoms with Gasteiger partial charge in [-0.1, -0.05) is 13.3 Å². The van der Waals surface area contributed by atoms with E-state index in [4.69, 9.17) is 4.74 Å². The monoisotopic (exact) mass is 128 g/mol. The normalized spacial score (nSPS) is 34.0. The second-order valence-corrected chi connectivity index (χ2v) is 3.10. The van der Waals surface area contributed by atoms with E-state index >= 15 is 0 Å². The summed E-state index contributed by atoms with van der Waals surface area (Å²) in [6.45, 7) is 3.29. The van der Waals surface area contributed by atoms with Gasteiger partial charge in [0.05, 0.1) is 0 Å². The maximum Gasteiger partial charge on any atom is 0.0465 e. The second kappa shape index (κ2) is 3.21. The number of ether oxygens (including phenoxy) is 1. The molecule has 9 heavy (non-hydrogen) atoms. The molecule has 1 saturated carbocycles. The second-order valence-electron chi connectivity index (χ2n) is 3.10. The summed E-state index contributed by atoms with van der Waals surface area (Å²) in [5, 5.41) is 0. The highest BCUT2D eigenvalue weighted by atomic mass is 16.5. The van der Waals surface area contributed by atoms with Crippen molar-refractivity contribution in [1.29, 1.82) is 0 Å². The molecular formula is C8H16O. The van der Waals surface area contributed by atoms with Crippen LogP contribution in [0.3, 0.4) is 0 Å². The molecule has 1 nitrogen and oxygen atoms in total. The van der Waals surface area contributed by atoms with Crippen molar-refractivity contribution in [2.75, 3.05) is 13.7 Å². The highest BCUT2D eigenvalue weighted by molar-refractivity contribution is 4.76. The Balaban J connectivity index is 1.99. The third-order valence-corrected chi connectivity index (χ3v) is 2.49. The number of hydrogen-bond donors (Lipinski definition) is 0. The average molecular weight is 128 g/mol. The molecule has 0 aliphatic heterocycles. The molecule has 0 radical (unpaired) electrons. The highest BCUT2D eigenvalue weighted by Gasteiger charge is 2.25. The van der Waals surface area contributed by atoms with Crippen LogP contribution < -0.4 is 0 Å². The third-order valence-electron chi connectivity index (χ3n) is 2.49. The van der Waals surface area contributed by atoms with Crippen LogP contribution in [0.25, 0.3) is 0 Å². The lowest BCUT2D eigenvalue weighted by Gasteiger charge is -2.33. The first-order valence-corrected chi connectivity index (χ1v) is 3.83. The van der Waals surface area contributed by atoms with Crippen molar-refractivity contribution in [1.82, 2.24) is 0 Å². The largest absolute Gasteiger partial charge is 0.385 e. The molecule has 54 valence electrons. The van der Waals surface area contributed by atoms with E-state index in [1.54, 1.807) is 7.11 Å². The molecule has 0 aromatic carbocycles. The standard InChI is InChI=1S/C8H16O/c1-7-3-4-8(7)5-6-9-2/h7-8H,3-6H2,1-2H3. The van der Waals surface area contributed by atoms with Crippen LogP contribution in [-0.2, 0) is 4.74 Å². The number of rotatable bonds is 3. The fourth-order valence-corrected chi connectivity index (χ4v) is 1.43. The molecule has 0 bridgehead atoms. The summed E-state index contributed by atoms with van der Waals surface area (Å²) >= 11 is 0. The zero-order valence-electron chi connectivity index (χ0n) is 6.39. The Bertz CT molecular complexity index is 80.6. The van der Waals surface area contributed by atoms with Gasteiger partial charge < -0.3 is 4.74 Å². The molecule has 0 saturated heterocycles. The first-order chi connectivity index (χ1) is 4.34. The van der Waals surface area contributed by atoms with Crippen molar-refractivity contribution in [2.24, 2.45) is 11.8 Å². The smallest absolute Gasteiger partial charge is 0.0465 e. The van der Waals surface area contributed by atoms with Gasteiger partial charge in [-0.25, -0.2) is 0 Å². The fraction of sp³-hybridized carbons (Fsp3) is 1.00. The van der Waals surface area contributed by atoms with Crippen LogP contribution in [-0.4, -0.2) is 13.7 Å². The molecule has 2 unspecified atom stereocenters. The zero-order valence-corrected chi connectivity index (χ0v) is 6.39. The summed E-state index contributed by atoms with van der Waals surface area (Å²) < 4.78 is 5.00. The van der Waals surface area contributed by atoms with E-state index in [1.807, 2.05) is 0 Å². The van der Waals surface area contributed by atoms with Crippen LogP contribution in [0.2, 0.25) is 0 Å². The predicted octanol–water partition coefficient (Wildman–Crippen LogP) is 2.07. The molecular weight excluding hydrogens is 112 g/mol. The van der Waals surface area contributed by atoms with Crippen LogP contribution in [0.1, 0.15) is 26.2 Å². The lowest BCUT2D eigenvalue weighted by Crippen LogP contribution is -2.23. The zero-order chi connectivity index (χ0) is 6.69. The summed E-state index contributed by atoms with van der Waals surface area (Å²) in [6, 6.07) is 0. The minimum absolute atomic E-state index is 0.953. The van der Waals surface area contributed by atoms with E-state index in [1.165, 1.54) is 19.3 Å². The molecule has 1 fully saturated rings. The summed E-state index contributed by atoms with van der Waals surface area (Å²) in [5.41, 5.74) is 0. The van der Waals surface area contributed by atoms with Gasteiger partial charge in [-0.2, -0.15) is 0 Å². The summed E-state index contributed by atoms with van der Waals surface area (Å²) in [7, 11) is 1.78. The molecule has 2 atom stereocenters. The molecule has 1 heteroatoms. The summed E-state index contributed by atoms with van der Waals surface area (Å²) in [4.78, 5) is 0. The first-order valence-electron chi connectivity index (χ1n) is 3.83. The Kier molecular flexibility index (Phi) is 2.52. The van der Waals surface area contributed by atoms with Crippen molar-refractivity contribution < 1.29 is 4.74 Å². The van der Waals surface area contributed by atoms with Crippen LogP contribution >= 0.6 is 0 Å². The Labute approximate surface area is 57.4 Å². The third kappa shape index (κ3) is 1.68. The van der Waals surface area contributed by atoms with Crippen LogP contribution in [0, 0.1) is 11.8 Å². The molecule has 1 aliphatic rings. The molecule has 1 rings (SSSR count). The minimum Gasteiger partial charge on any atom is -0.385 e. The Morgan fingerprint density at radius 2 is 2.22 bits per heavy atom. The number of hydrogen-bond acceptors (Lipinski definition) is 1. The van der Waals surface area contributed by atoms with Crippen LogP contribution in [0.15, 0.2) is 0 Å². The summed E-state index contributed by atoms with van der Waals surface area (Å²) in [6.07, 6.45) is 4.15. The lowest BCUT2D eigenvalue weighted by atomic mass is 9.73. The Morgan fingerprint density at radius 3 is 2.56 bits per heavy atom. The van der Waals surface area contributed by atoms with Gasteiger partial charge in [0.2, 0.25) is 0 Å². The quantitative estimate of drug-likeness (QED) is 0.565. The molecule has 1 aliphatic carbocycles. The Morgan fingerprint density at radius 1 is 1.44 bits per heavy atom. The maximum absolute atomic E-state index is 5.00. The molecule has 0 heterocycles. The average Bonchev–Trinajstić information content (AvgIpc) is 1.86. The van der Waals surface area contributed by atoms with Gasteiger partial charge >= 0.3 is 0 Å². The molecule has 0 aromatic rings. The number of methoxy groups -OCH3 is 1. The van der Waals surface area contributed by atoms with Crippen molar-refractivity contribution in [2.45, 2.75) is 26.2 Å². The Hall–Kier alpha value is -0.0400. The SMILES string of the molecule is COCCC1CCC1C. The van der Waals surface area contributed by atoms with E-state index in [-0.39, 0.29) is 0 Å². The van der Waals surface area contributed by atoms with Crippen LogP contribution in [0.4, 0.5) is 0 Å². The van der Waals surface area contributed by atoms with E-state index in [0.717, 1.165) is 18.4 Å². The molecule has 0 amide bonds. The van der Waals surface area contributed by atoms with Gasteiger partial charge in [0.15, 0.2) is 0 Å². The van der Waals surface area contributed by atoms with Gasteiger partial charge in [0.25, 0.3) is 0 Å². The van der Waals surface area contributed by atoms with E-state index in [9.17, 15) is 0 Å². The maximum atomic E-state index is 5.00. The van der Waals surface area contributed by atoms with E-state index < -0.39 is 0 Å². The van der Waals surface area contributed by atoms with Gasteiger partial charge in [-0.15, -0.1) is 0 Å². The van der Waals surface area contributed by atoms with Crippen molar-refractivity contribution in [3.8, 4) is 0 Å². The molecule has 0 N–H and O–H groups in total. The lowest BCUT2D eigenvalue weighted by molar-refractivity contribution is 0.116. The highest BCUT2D eigenvalue weighted by Crippen LogP contribution is 2.35. The fourth-order valence-electron chi connectivity index (χ4n) is 1.43. The van der Waals surface area contributed by atoms with Gasteiger partial charge in [0.1, 0.15) is 0 Å². The molecule has 0 spiro atoms. The molecule has 0 aromatic heterocycles. The van der Waals surface area contributed by atoms with Gasteiger partial charge in [-0.3, -0.25) is 0 Å². The predicted molar refractivity (Wildman–Crippen MR) is 38.4 cm³/mol. The van der Waals surface area contributed by atoms with Crippen molar-refractivity contribution in [3.05, 3.63) is 0 Å². The topological polar surface area (TPSA) is 9.23 Å². The van der Waals surface area contributed by atoms with E-state index in [0.29, 0.717) is 0 Å². The van der Waals surface area contributed by atoms with Crippen molar-refractivity contribution in [3.63, 3.8) is 0 Å².